The van der Waals surface area contributed by atoms with E-state index in [1.165, 1.54) is 0 Å². The van der Waals surface area contributed by atoms with Gasteiger partial charge < -0.3 is 14.7 Å². The lowest BCUT2D eigenvalue weighted by Gasteiger charge is -2.39. The average Bonchev–Trinajstić information content (AvgIpc) is 3.00. The standard InChI is InChI=1S/C21H29N3O3/c1-15-10-16(2)12-18(11-15)13-24-17(3)21(27)23(14-20(24)26)9-5-8-22-7-4-6-19(22)25/h10-12,17H,4-9,13-14H2,1-3H3/t17-/m0/s1. The second-order valence-electron chi connectivity index (χ2n) is 7.79. The van der Waals surface area contributed by atoms with E-state index in [1.54, 1.807) is 16.7 Å². The van der Waals surface area contributed by atoms with E-state index in [4.69, 9.17) is 0 Å². The predicted molar refractivity (Wildman–Crippen MR) is 103 cm³/mol. The molecule has 0 spiro atoms. The summed E-state index contributed by atoms with van der Waals surface area (Å²) in [5.41, 5.74) is 3.37. The van der Waals surface area contributed by atoms with Crippen LogP contribution in [0.25, 0.3) is 0 Å². The van der Waals surface area contributed by atoms with E-state index in [2.05, 4.69) is 18.2 Å². The summed E-state index contributed by atoms with van der Waals surface area (Å²) in [4.78, 5) is 42.3. The van der Waals surface area contributed by atoms with Gasteiger partial charge in [0.15, 0.2) is 0 Å². The first kappa shape index (κ1) is 19.4. The van der Waals surface area contributed by atoms with Gasteiger partial charge in [-0.15, -0.1) is 0 Å². The molecule has 2 fully saturated rings. The highest BCUT2D eigenvalue weighted by Gasteiger charge is 2.36. The first-order valence-corrected chi connectivity index (χ1v) is 9.78. The zero-order valence-corrected chi connectivity index (χ0v) is 16.5. The molecular weight excluding hydrogens is 342 g/mol. The Morgan fingerprint density at radius 1 is 0.963 bits per heavy atom. The molecule has 3 rings (SSSR count). The van der Waals surface area contributed by atoms with E-state index in [-0.39, 0.29) is 24.3 Å². The number of aryl methyl sites for hydroxylation is 2. The van der Waals surface area contributed by atoms with Crippen molar-refractivity contribution < 1.29 is 14.4 Å². The molecule has 0 aliphatic carbocycles. The smallest absolute Gasteiger partial charge is 0.245 e. The first-order chi connectivity index (χ1) is 12.8. The Bertz CT molecular complexity index is 726. The summed E-state index contributed by atoms with van der Waals surface area (Å²) < 4.78 is 0. The van der Waals surface area contributed by atoms with E-state index in [9.17, 15) is 14.4 Å². The molecule has 1 aromatic carbocycles. The molecule has 0 aromatic heterocycles. The number of nitrogens with zero attached hydrogens (tertiary/aromatic N) is 3. The Kier molecular flexibility index (Phi) is 5.82. The molecule has 2 aliphatic rings. The zero-order valence-electron chi connectivity index (χ0n) is 16.5. The van der Waals surface area contributed by atoms with Gasteiger partial charge in [0.25, 0.3) is 0 Å². The van der Waals surface area contributed by atoms with Gasteiger partial charge in [-0.1, -0.05) is 29.3 Å². The molecule has 0 N–H and O–H groups in total. The van der Waals surface area contributed by atoms with Crippen molar-refractivity contribution in [3.8, 4) is 0 Å². The van der Waals surface area contributed by atoms with Gasteiger partial charge >= 0.3 is 0 Å². The Hall–Kier alpha value is -2.37. The zero-order chi connectivity index (χ0) is 19.6. The third-order valence-corrected chi connectivity index (χ3v) is 5.44. The van der Waals surface area contributed by atoms with Gasteiger partial charge in [-0.2, -0.15) is 0 Å². The van der Waals surface area contributed by atoms with Crippen LogP contribution in [-0.4, -0.2) is 64.6 Å². The third-order valence-electron chi connectivity index (χ3n) is 5.44. The molecule has 2 aliphatic heterocycles. The number of likely N-dealkylation sites (tertiary alicyclic amines) is 1. The van der Waals surface area contributed by atoms with Crippen molar-refractivity contribution in [3.63, 3.8) is 0 Å². The van der Waals surface area contributed by atoms with Crippen LogP contribution in [0.5, 0.6) is 0 Å². The summed E-state index contributed by atoms with van der Waals surface area (Å²) in [6, 6.07) is 5.78. The van der Waals surface area contributed by atoms with Crippen LogP contribution in [0.15, 0.2) is 18.2 Å². The van der Waals surface area contributed by atoms with Crippen LogP contribution in [-0.2, 0) is 20.9 Å². The predicted octanol–water partition coefficient (Wildman–Crippen LogP) is 1.88. The number of piperazine rings is 1. The van der Waals surface area contributed by atoms with E-state index < -0.39 is 6.04 Å². The molecule has 2 heterocycles. The molecule has 0 unspecified atom stereocenters. The Balaban J connectivity index is 1.57. The highest BCUT2D eigenvalue weighted by Crippen LogP contribution is 2.19. The van der Waals surface area contributed by atoms with Gasteiger partial charge in [0.1, 0.15) is 6.04 Å². The van der Waals surface area contributed by atoms with Crippen molar-refractivity contribution >= 4 is 17.7 Å². The van der Waals surface area contributed by atoms with Crippen LogP contribution in [0.4, 0.5) is 0 Å². The van der Waals surface area contributed by atoms with Crippen molar-refractivity contribution in [2.45, 2.75) is 52.6 Å². The molecular formula is C21H29N3O3. The summed E-state index contributed by atoms with van der Waals surface area (Å²) in [6.45, 7) is 8.47. The lowest BCUT2D eigenvalue weighted by atomic mass is 10.0. The van der Waals surface area contributed by atoms with Crippen LogP contribution in [0, 0.1) is 13.8 Å². The van der Waals surface area contributed by atoms with Gasteiger partial charge in [-0.25, -0.2) is 0 Å². The fraction of sp³-hybridized carbons (Fsp3) is 0.571. The molecule has 0 saturated carbocycles. The lowest BCUT2D eigenvalue weighted by molar-refractivity contribution is -0.155. The normalized spacial score (nSPS) is 20.8. The van der Waals surface area contributed by atoms with Crippen molar-refractivity contribution in [1.82, 2.24) is 14.7 Å². The number of hydrogen-bond donors (Lipinski definition) is 0. The second-order valence-corrected chi connectivity index (χ2v) is 7.79. The van der Waals surface area contributed by atoms with Gasteiger partial charge in [-0.3, -0.25) is 14.4 Å². The number of amides is 3. The maximum atomic E-state index is 12.7. The monoisotopic (exact) mass is 371 g/mol. The van der Waals surface area contributed by atoms with Crippen molar-refractivity contribution in [2.75, 3.05) is 26.2 Å². The SMILES string of the molecule is Cc1cc(C)cc(CN2C(=O)CN(CCCN3CCCC3=O)C(=O)[C@@H]2C)c1. The fourth-order valence-electron chi connectivity index (χ4n) is 4.11. The van der Waals surface area contributed by atoms with Crippen LogP contribution < -0.4 is 0 Å². The lowest BCUT2D eigenvalue weighted by Crippen LogP contribution is -2.58. The minimum absolute atomic E-state index is 0.00766. The largest absolute Gasteiger partial charge is 0.343 e. The summed E-state index contributed by atoms with van der Waals surface area (Å²) in [5.74, 6) is 0.175. The number of rotatable bonds is 6. The fourth-order valence-corrected chi connectivity index (χ4v) is 4.11. The van der Waals surface area contributed by atoms with E-state index in [0.717, 1.165) is 29.7 Å². The molecule has 6 heteroatoms. The van der Waals surface area contributed by atoms with E-state index >= 15 is 0 Å². The van der Waals surface area contributed by atoms with Crippen LogP contribution in [0.3, 0.4) is 0 Å². The Labute approximate surface area is 161 Å². The molecule has 2 saturated heterocycles. The maximum absolute atomic E-state index is 12.7. The Morgan fingerprint density at radius 2 is 1.63 bits per heavy atom. The molecule has 27 heavy (non-hydrogen) atoms. The summed E-state index contributed by atoms with van der Waals surface area (Å²) >= 11 is 0. The molecule has 1 aromatic rings. The van der Waals surface area contributed by atoms with Crippen LogP contribution in [0.2, 0.25) is 0 Å². The van der Waals surface area contributed by atoms with Gasteiger partial charge in [0, 0.05) is 32.6 Å². The molecule has 6 nitrogen and oxygen atoms in total. The summed E-state index contributed by atoms with van der Waals surface area (Å²) in [5, 5.41) is 0. The van der Waals surface area contributed by atoms with Gasteiger partial charge in [-0.05, 0) is 39.2 Å². The quantitative estimate of drug-likeness (QED) is 0.767. The maximum Gasteiger partial charge on any atom is 0.245 e. The number of hydrogen-bond acceptors (Lipinski definition) is 3. The number of carbonyl (C=O) groups excluding carboxylic acids is 3. The van der Waals surface area contributed by atoms with Crippen molar-refractivity contribution in [2.24, 2.45) is 0 Å². The van der Waals surface area contributed by atoms with E-state index in [1.807, 2.05) is 18.7 Å². The molecule has 0 radical (unpaired) electrons. The van der Waals surface area contributed by atoms with Gasteiger partial charge in [0.05, 0.1) is 6.54 Å². The molecule has 1 atom stereocenters. The summed E-state index contributed by atoms with van der Waals surface area (Å²) in [6.07, 6.45) is 2.27. The molecule has 3 amide bonds. The topological polar surface area (TPSA) is 60.9 Å². The molecule has 0 bridgehead atoms. The minimum Gasteiger partial charge on any atom is -0.343 e. The van der Waals surface area contributed by atoms with Crippen LogP contribution in [0.1, 0.15) is 42.9 Å². The highest BCUT2D eigenvalue weighted by molar-refractivity contribution is 5.94. The first-order valence-electron chi connectivity index (χ1n) is 9.78. The van der Waals surface area contributed by atoms with Crippen molar-refractivity contribution in [1.29, 1.82) is 0 Å². The van der Waals surface area contributed by atoms with Crippen LogP contribution >= 0.6 is 0 Å². The minimum atomic E-state index is -0.458. The van der Waals surface area contributed by atoms with Gasteiger partial charge in [0.2, 0.25) is 17.7 Å². The van der Waals surface area contributed by atoms with E-state index in [0.29, 0.717) is 32.5 Å². The summed E-state index contributed by atoms with van der Waals surface area (Å²) in [7, 11) is 0. The molecule has 146 valence electrons. The average molecular weight is 371 g/mol. The second kappa shape index (κ2) is 8.11. The number of carbonyl (C=O) groups is 3. The Morgan fingerprint density at radius 3 is 2.26 bits per heavy atom. The third kappa shape index (κ3) is 4.49. The van der Waals surface area contributed by atoms with Crippen molar-refractivity contribution in [3.05, 3.63) is 34.9 Å². The highest BCUT2D eigenvalue weighted by atomic mass is 16.2. The number of benzene rings is 1.